The Morgan fingerprint density at radius 3 is 2.63 bits per heavy atom. The third-order valence-electron chi connectivity index (χ3n) is 2.82. The summed E-state index contributed by atoms with van der Waals surface area (Å²) >= 11 is 3.38. The lowest BCUT2D eigenvalue weighted by Crippen LogP contribution is -2.20. The van der Waals surface area contributed by atoms with Crippen LogP contribution in [-0.4, -0.2) is 12.0 Å². The average Bonchev–Trinajstić information content (AvgIpc) is 2.41. The molecule has 0 saturated heterocycles. The Labute approximate surface area is 120 Å². The molecule has 3 nitrogen and oxygen atoms in total. The predicted octanol–water partition coefficient (Wildman–Crippen LogP) is 3.08. The van der Waals surface area contributed by atoms with Gasteiger partial charge in [-0.15, -0.1) is 0 Å². The number of anilines is 1. The normalized spacial score (nSPS) is 10.5. The van der Waals surface area contributed by atoms with Crippen LogP contribution in [0.1, 0.15) is 11.1 Å². The van der Waals surface area contributed by atoms with E-state index in [1.807, 2.05) is 18.0 Å². The second-order valence-corrected chi connectivity index (χ2v) is 5.24. The van der Waals surface area contributed by atoms with Gasteiger partial charge in [0.25, 0.3) is 0 Å². The maximum absolute atomic E-state index is 12.9. The zero-order chi connectivity index (χ0) is 13.8. The molecule has 0 aliphatic carbocycles. The maximum atomic E-state index is 12.9. The van der Waals surface area contributed by atoms with Gasteiger partial charge in [-0.25, -0.2) is 9.37 Å². The molecule has 1 aromatic heterocycles. The summed E-state index contributed by atoms with van der Waals surface area (Å²) in [5.41, 5.74) is 7.73. The summed E-state index contributed by atoms with van der Waals surface area (Å²) in [6, 6.07) is 8.42. The van der Waals surface area contributed by atoms with E-state index in [1.54, 1.807) is 18.3 Å². The van der Waals surface area contributed by atoms with E-state index in [0.717, 1.165) is 21.4 Å². The lowest BCUT2D eigenvalue weighted by Gasteiger charge is -2.21. The van der Waals surface area contributed by atoms with E-state index in [9.17, 15) is 4.39 Å². The number of halogens is 2. The van der Waals surface area contributed by atoms with Crippen LogP contribution in [0.5, 0.6) is 0 Å². The van der Waals surface area contributed by atoms with Gasteiger partial charge in [0.05, 0.1) is 0 Å². The fourth-order valence-electron chi connectivity index (χ4n) is 1.91. The Kier molecular flexibility index (Phi) is 4.50. The van der Waals surface area contributed by atoms with Gasteiger partial charge in [0.1, 0.15) is 11.6 Å². The molecule has 0 aliphatic rings. The minimum absolute atomic E-state index is 0.226. The van der Waals surface area contributed by atoms with Crippen LogP contribution in [0.3, 0.4) is 0 Å². The van der Waals surface area contributed by atoms with Gasteiger partial charge >= 0.3 is 0 Å². The SMILES string of the molecule is CN(Cc1ccc(F)cc1)c1ncc(Br)cc1CN. The highest BCUT2D eigenvalue weighted by Gasteiger charge is 2.09. The van der Waals surface area contributed by atoms with Gasteiger partial charge in [-0.2, -0.15) is 0 Å². The largest absolute Gasteiger partial charge is 0.355 e. The van der Waals surface area contributed by atoms with Gasteiger partial charge in [-0.1, -0.05) is 12.1 Å². The van der Waals surface area contributed by atoms with Crippen molar-refractivity contribution >= 4 is 21.7 Å². The summed E-state index contributed by atoms with van der Waals surface area (Å²) < 4.78 is 13.8. The number of nitrogens with two attached hydrogens (primary N) is 1. The van der Waals surface area contributed by atoms with Crippen molar-refractivity contribution in [2.75, 3.05) is 11.9 Å². The van der Waals surface area contributed by atoms with Crippen molar-refractivity contribution in [3.8, 4) is 0 Å². The summed E-state index contributed by atoms with van der Waals surface area (Å²) in [5, 5.41) is 0. The number of aromatic nitrogens is 1. The lowest BCUT2D eigenvalue weighted by molar-refractivity contribution is 0.627. The van der Waals surface area contributed by atoms with Gasteiger partial charge in [-0.3, -0.25) is 0 Å². The maximum Gasteiger partial charge on any atom is 0.133 e. The van der Waals surface area contributed by atoms with E-state index in [4.69, 9.17) is 5.73 Å². The molecule has 5 heteroatoms. The Hall–Kier alpha value is -1.46. The predicted molar refractivity (Wildman–Crippen MR) is 78.3 cm³/mol. The molecular formula is C14H15BrFN3. The van der Waals surface area contributed by atoms with Gasteiger partial charge < -0.3 is 10.6 Å². The fraction of sp³-hybridized carbons (Fsp3) is 0.214. The number of pyridine rings is 1. The molecule has 0 aliphatic heterocycles. The minimum atomic E-state index is -0.226. The summed E-state index contributed by atoms with van der Waals surface area (Å²) in [4.78, 5) is 6.39. The van der Waals surface area contributed by atoms with Gasteiger partial charge in [0, 0.05) is 36.4 Å². The standard InChI is InChI=1S/C14H15BrFN3/c1-19(9-10-2-4-13(16)5-3-10)14-11(7-17)6-12(15)8-18-14/h2-6,8H,7,9,17H2,1H3. The summed E-state index contributed by atoms with van der Waals surface area (Å²) in [6.45, 7) is 1.08. The first-order chi connectivity index (χ1) is 9.10. The first kappa shape index (κ1) is 14.0. The molecule has 0 radical (unpaired) electrons. The van der Waals surface area contributed by atoms with Gasteiger partial charge in [0.15, 0.2) is 0 Å². The van der Waals surface area contributed by atoms with Crippen LogP contribution in [0.4, 0.5) is 10.2 Å². The Morgan fingerprint density at radius 2 is 2.00 bits per heavy atom. The third-order valence-corrected chi connectivity index (χ3v) is 3.26. The minimum Gasteiger partial charge on any atom is -0.355 e. The number of nitrogens with zero attached hydrogens (tertiary/aromatic N) is 2. The highest BCUT2D eigenvalue weighted by molar-refractivity contribution is 9.10. The molecule has 2 aromatic rings. The second kappa shape index (κ2) is 6.12. The molecule has 0 amide bonds. The molecule has 2 N–H and O–H groups in total. The monoisotopic (exact) mass is 323 g/mol. The average molecular weight is 324 g/mol. The molecule has 19 heavy (non-hydrogen) atoms. The summed E-state index contributed by atoms with van der Waals surface area (Å²) in [7, 11) is 1.94. The Balaban J connectivity index is 2.19. The van der Waals surface area contributed by atoms with Crippen molar-refractivity contribution in [3.63, 3.8) is 0 Å². The molecule has 0 saturated carbocycles. The second-order valence-electron chi connectivity index (χ2n) is 4.32. The lowest BCUT2D eigenvalue weighted by atomic mass is 10.2. The van der Waals surface area contributed by atoms with Crippen molar-refractivity contribution in [1.29, 1.82) is 0 Å². The molecular weight excluding hydrogens is 309 g/mol. The van der Waals surface area contributed by atoms with Crippen molar-refractivity contribution in [2.24, 2.45) is 5.73 Å². The van der Waals surface area contributed by atoms with Crippen molar-refractivity contribution < 1.29 is 4.39 Å². The van der Waals surface area contributed by atoms with Crippen LogP contribution in [0.15, 0.2) is 41.0 Å². The molecule has 2 rings (SSSR count). The van der Waals surface area contributed by atoms with E-state index < -0.39 is 0 Å². The number of hydrogen-bond acceptors (Lipinski definition) is 3. The topological polar surface area (TPSA) is 42.2 Å². The smallest absolute Gasteiger partial charge is 0.133 e. The molecule has 100 valence electrons. The van der Waals surface area contributed by atoms with Crippen LogP contribution in [0, 0.1) is 5.82 Å². The zero-order valence-corrected chi connectivity index (χ0v) is 12.2. The van der Waals surface area contributed by atoms with Crippen LogP contribution in [0.25, 0.3) is 0 Å². The van der Waals surface area contributed by atoms with Crippen LogP contribution >= 0.6 is 15.9 Å². The summed E-state index contributed by atoms with van der Waals surface area (Å²) in [6.07, 6.45) is 1.75. The molecule has 0 fully saturated rings. The van der Waals surface area contributed by atoms with Gasteiger partial charge in [-0.05, 0) is 39.7 Å². The highest BCUT2D eigenvalue weighted by Crippen LogP contribution is 2.21. The van der Waals surface area contributed by atoms with Crippen LogP contribution in [-0.2, 0) is 13.1 Å². The number of hydrogen-bond donors (Lipinski definition) is 1. The molecule has 0 spiro atoms. The molecule has 1 aromatic carbocycles. The van der Waals surface area contributed by atoms with Gasteiger partial charge in [0.2, 0.25) is 0 Å². The first-order valence-corrected chi connectivity index (χ1v) is 6.69. The molecule has 0 bridgehead atoms. The summed E-state index contributed by atoms with van der Waals surface area (Å²) in [5.74, 6) is 0.617. The molecule has 0 unspecified atom stereocenters. The van der Waals surface area contributed by atoms with E-state index >= 15 is 0 Å². The van der Waals surface area contributed by atoms with Crippen molar-refractivity contribution in [2.45, 2.75) is 13.1 Å². The van der Waals surface area contributed by atoms with E-state index in [2.05, 4.69) is 20.9 Å². The number of rotatable bonds is 4. The first-order valence-electron chi connectivity index (χ1n) is 5.90. The quantitative estimate of drug-likeness (QED) is 0.940. The Morgan fingerprint density at radius 1 is 1.32 bits per heavy atom. The van der Waals surface area contributed by atoms with E-state index in [0.29, 0.717) is 13.1 Å². The third kappa shape index (κ3) is 3.52. The molecule has 1 heterocycles. The van der Waals surface area contributed by atoms with Crippen LogP contribution < -0.4 is 10.6 Å². The van der Waals surface area contributed by atoms with Crippen molar-refractivity contribution in [1.82, 2.24) is 4.98 Å². The number of benzene rings is 1. The highest BCUT2D eigenvalue weighted by atomic mass is 79.9. The van der Waals surface area contributed by atoms with Crippen molar-refractivity contribution in [3.05, 3.63) is 57.9 Å². The Bertz CT molecular complexity index is 557. The van der Waals surface area contributed by atoms with Crippen LogP contribution in [0.2, 0.25) is 0 Å². The molecule has 0 atom stereocenters. The van der Waals surface area contributed by atoms with E-state index in [-0.39, 0.29) is 5.82 Å². The zero-order valence-electron chi connectivity index (χ0n) is 10.6. The fourth-order valence-corrected chi connectivity index (χ4v) is 2.29. The van der Waals surface area contributed by atoms with E-state index in [1.165, 1.54) is 12.1 Å².